The molecule has 0 saturated heterocycles. The molecule has 0 heterocycles. The average Bonchev–Trinajstić information content (AvgIpc) is 2.75. The van der Waals surface area contributed by atoms with Gasteiger partial charge in [-0.3, -0.25) is 9.59 Å². The van der Waals surface area contributed by atoms with Crippen molar-refractivity contribution >= 4 is 29.3 Å². The summed E-state index contributed by atoms with van der Waals surface area (Å²) in [6.07, 6.45) is 3.18. The van der Waals surface area contributed by atoms with Crippen LogP contribution in [0.3, 0.4) is 0 Å². The molecule has 3 rings (SSSR count). The van der Waals surface area contributed by atoms with Crippen LogP contribution in [0.2, 0.25) is 5.02 Å². The lowest BCUT2D eigenvalue weighted by atomic mass is 9.78. The van der Waals surface area contributed by atoms with Gasteiger partial charge < -0.3 is 10.1 Å². The first-order valence-electron chi connectivity index (χ1n) is 10.2. The van der Waals surface area contributed by atoms with Crippen LogP contribution in [0.5, 0.6) is 0 Å². The summed E-state index contributed by atoms with van der Waals surface area (Å²) in [4.78, 5) is 37.7. The number of carbonyl (C=O) groups is 3. The van der Waals surface area contributed by atoms with Crippen LogP contribution in [0.1, 0.15) is 59.4 Å². The first-order valence-corrected chi connectivity index (χ1v) is 10.6. The molecular formula is C24H26ClNO4. The third-order valence-corrected chi connectivity index (χ3v) is 6.14. The second-order valence-electron chi connectivity index (χ2n) is 7.90. The van der Waals surface area contributed by atoms with Crippen LogP contribution in [0, 0.1) is 11.8 Å². The molecule has 5 nitrogen and oxygen atoms in total. The Morgan fingerprint density at radius 3 is 2.37 bits per heavy atom. The van der Waals surface area contributed by atoms with Crippen molar-refractivity contribution in [1.82, 2.24) is 5.32 Å². The summed E-state index contributed by atoms with van der Waals surface area (Å²) in [6, 6.07) is 13.0. The number of hydrogen-bond acceptors (Lipinski definition) is 4. The molecule has 1 N–H and O–H groups in total. The highest BCUT2D eigenvalue weighted by atomic mass is 35.5. The Labute approximate surface area is 181 Å². The van der Waals surface area contributed by atoms with Crippen molar-refractivity contribution in [2.24, 2.45) is 11.8 Å². The van der Waals surface area contributed by atoms with Crippen LogP contribution in [0.15, 0.2) is 48.5 Å². The summed E-state index contributed by atoms with van der Waals surface area (Å²) in [6.45, 7) is 3.96. The summed E-state index contributed by atoms with van der Waals surface area (Å²) in [5.74, 6) is -0.397. The average molecular weight is 428 g/mol. The summed E-state index contributed by atoms with van der Waals surface area (Å²) in [5.41, 5.74) is 0.766. The fourth-order valence-corrected chi connectivity index (χ4v) is 3.98. The molecule has 0 aliphatic heterocycles. The molecule has 2 aromatic rings. The molecule has 2 aromatic carbocycles. The number of nitrogens with one attached hydrogen (secondary N) is 1. The van der Waals surface area contributed by atoms with E-state index in [0.29, 0.717) is 22.4 Å². The molecule has 0 unspecified atom stereocenters. The summed E-state index contributed by atoms with van der Waals surface area (Å²) >= 11 is 5.88. The molecule has 1 fully saturated rings. The highest BCUT2D eigenvalue weighted by Crippen LogP contribution is 2.29. The first-order chi connectivity index (χ1) is 14.4. The SMILES string of the molecule is C[C@@H]1[C@H](C)CCC[C@H]1NC(=O)COC(=O)c1ccccc1C(=O)c1ccc(Cl)cc1. The van der Waals surface area contributed by atoms with Gasteiger partial charge in [-0.15, -0.1) is 0 Å². The van der Waals surface area contributed by atoms with E-state index in [1.165, 1.54) is 12.5 Å². The van der Waals surface area contributed by atoms with E-state index >= 15 is 0 Å². The highest BCUT2D eigenvalue weighted by molar-refractivity contribution is 6.30. The number of ether oxygens (including phenoxy) is 1. The molecule has 0 aromatic heterocycles. The highest BCUT2D eigenvalue weighted by Gasteiger charge is 2.28. The maximum absolute atomic E-state index is 12.8. The van der Waals surface area contributed by atoms with E-state index in [2.05, 4.69) is 19.2 Å². The molecule has 0 spiro atoms. The van der Waals surface area contributed by atoms with Crippen molar-refractivity contribution in [3.63, 3.8) is 0 Å². The predicted octanol–water partition coefficient (Wildman–Crippen LogP) is 4.67. The molecular weight excluding hydrogens is 402 g/mol. The molecule has 1 aliphatic rings. The van der Waals surface area contributed by atoms with Crippen molar-refractivity contribution < 1.29 is 19.1 Å². The minimum absolute atomic E-state index is 0.0960. The summed E-state index contributed by atoms with van der Waals surface area (Å²) < 4.78 is 5.22. The van der Waals surface area contributed by atoms with Gasteiger partial charge in [0, 0.05) is 22.2 Å². The number of hydrogen-bond donors (Lipinski definition) is 1. The van der Waals surface area contributed by atoms with Crippen molar-refractivity contribution in [1.29, 1.82) is 0 Å². The van der Waals surface area contributed by atoms with Gasteiger partial charge in [-0.1, -0.05) is 56.5 Å². The normalized spacial score (nSPS) is 21.0. The molecule has 1 amide bonds. The van der Waals surface area contributed by atoms with E-state index in [9.17, 15) is 14.4 Å². The maximum atomic E-state index is 12.8. The van der Waals surface area contributed by atoms with Gasteiger partial charge in [0.25, 0.3) is 5.91 Å². The second kappa shape index (κ2) is 9.90. The molecule has 0 bridgehead atoms. The molecule has 1 saturated carbocycles. The van der Waals surface area contributed by atoms with E-state index in [4.69, 9.17) is 16.3 Å². The third-order valence-electron chi connectivity index (χ3n) is 5.89. The van der Waals surface area contributed by atoms with Gasteiger partial charge >= 0.3 is 5.97 Å². The molecule has 0 radical (unpaired) electrons. The molecule has 1 aliphatic carbocycles. The zero-order chi connectivity index (χ0) is 21.7. The number of benzene rings is 2. The minimum Gasteiger partial charge on any atom is -0.452 e. The lowest BCUT2D eigenvalue weighted by molar-refractivity contribution is -0.125. The van der Waals surface area contributed by atoms with E-state index in [1.807, 2.05) is 0 Å². The quantitative estimate of drug-likeness (QED) is 0.537. The van der Waals surface area contributed by atoms with Crippen molar-refractivity contribution in [3.05, 3.63) is 70.2 Å². The van der Waals surface area contributed by atoms with Gasteiger partial charge in [0.05, 0.1) is 5.56 Å². The lowest BCUT2D eigenvalue weighted by Crippen LogP contribution is -2.45. The second-order valence-corrected chi connectivity index (χ2v) is 8.34. The Morgan fingerprint density at radius 1 is 1.00 bits per heavy atom. The molecule has 158 valence electrons. The fraction of sp³-hybridized carbons (Fsp3) is 0.375. The first kappa shape index (κ1) is 22.0. The van der Waals surface area contributed by atoms with Gasteiger partial charge in [-0.05, 0) is 48.6 Å². The van der Waals surface area contributed by atoms with E-state index < -0.39 is 5.97 Å². The number of esters is 1. The maximum Gasteiger partial charge on any atom is 0.339 e. The smallest absolute Gasteiger partial charge is 0.339 e. The summed E-state index contributed by atoms with van der Waals surface area (Å²) in [7, 11) is 0. The van der Waals surface area contributed by atoms with E-state index in [0.717, 1.165) is 12.8 Å². The van der Waals surface area contributed by atoms with Gasteiger partial charge in [-0.2, -0.15) is 0 Å². The Hall–Kier alpha value is -2.66. The van der Waals surface area contributed by atoms with Crippen molar-refractivity contribution in [3.8, 4) is 0 Å². The van der Waals surface area contributed by atoms with Crippen LogP contribution in [0.25, 0.3) is 0 Å². The zero-order valence-electron chi connectivity index (χ0n) is 17.2. The van der Waals surface area contributed by atoms with Crippen LogP contribution in [-0.4, -0.2) is 30.3 Å². The van der Waals surface area contributed by atoms with Gasteiger partial charge in [0.2, 0.25) is 0 Å². The van der Waals surface area contributed by atoms with Gasteiger partial charge in [-0.25, -0.2) is 4.79 Å². The monoisotopic (exact) mass is 427 g/mol. The van der Waals surface area contributed by atoms with Gasteiger partial charge in [0.1, 0.15) is 0 Å². The standard InChI is InChI=1S/C24H26ClNO4/c1-15-6-5-9-21(16(15)2)26-22(27)14-30-24(29)20-8-4-3-7-19(20)23(28)17-10-12-18(25)13-11-17/h3-4,7-8,10-13,15-16,21H,5-6,9,14H2,1-2H3,(H,26,27)/t15-,16-,21-/m1/s1. The fourth-order valence-electron chi connectivity index (χ4n) is 3.86. The number of ketones is 1. The minimum atomic E-state index is -0.701. The number of halogens is 1. The Balaban J connectivity index is 1.64. The molecule has 3 atom stereocenters. The Bertz CT molecular complexity index is 925. The predicted molar refractivity (Wildman–Crippen MR) is 116 cm³/mol. The summed E-state index contributed by atoms with van der Waals surface area (Å²) in [5, 5.41) is 3.50. The van der Waals surface area contributed by atoms with E-state index in [1.54, 1.807) is 42.5 Å². The van der Waals surface area contributed by atoms with Crippen LogP contribution >= 0.6 is 11.6 Å². The Kier molecular flexibility index (Phi) is 7.27. The number of carbonyl (C=O) groups excluding carboxylic acids is 3. The zero-order valence-corrected chi connectivity index (χ0v) is 17.9. The van der Waals surface area contributed by atoms with Crippen LogP contribution in [0.4, 0.5) is 0 Å². The number of amides is 1. The van der Waals surface area contributed by atoms with Crippen molar-refractivity contribution in [2.45, 2.75) is 39.2 Å². The van der Waals surface area contributed by atoms with Gasteiger partial charge in [0.15, 0.2) is 12.4 Å². The molecule has 6 heteroatoms. The lowest BCUT2D eigenvalue weighted by Gasteiger charge is -2.34. The Morgan fingerprint density at radius 2 is 1.67 bits per heavy atom. The largest absolute Gasteiger partial charge is 0.452 e. The third kappa shape index (κ3) is 5.28. The topological polar surface area (TPSA) is 72.5 Å². The van der Waals surface area contributed by atoms with Crippen molar-refractivity contribution in [2.75, 3.05) is 6.61 Å². The van der Waals surface area contributed by atoms with Crippen LogP contribution < -0.4 is 5.32 Å². The molecule has 30 heavy (non-hydrogen) atoms. The van der Waals surface area contributed by atoms with Crippen LogP contribution in [-0.2, 0) is 9.53 Å². The number of rotatable bonds is 6. The van der Waals surface area contributed by atoms with E-state index in [-0.39, 0.29) is 35.5 Å².